The molecule has 0 aliphatic heterocycles. The van der Waals surface area contributed by atoms with Gasteiger partial charge >= 0.3 is 0 Å². The molecule has 0 aromatic heterocycles. The molecule has 0 saturated heterocycles. The molecule has 4 heteroatoms. The molecule has 1 fully saturated rings. The van der Waals surface area contributed by atoms with Crippen molar-refractivity contribution in [3.63, 3.8) is 0 Å². The van der Waals surface area contributed by atoms with E-state index in [0.717, 1.165) is 6.42 Å². The highest BCUT2D eigenvalue weighted by Gasteiger charge is 2.42. The largest absolute Gasteiger partial charge is 0.393 e. The third-order valence-electron chi connectivity index (χ3n) is 3.04. The van der Waals surface area contributed by atoms with Crippen molar-refractivity contribution in [2.24, 2.45) is 5.92 Å². The summed E-state index contributed by atoms with van der Waals surface area (Å²) in [5.74, 6) is 0.455. The highest BCUT2D eigenvalue weighted by molar-refractivity contribution is 8.33. The van der Waals surface area contributed by atoms with Crippen LogP contribution in [0.2, 0.25) is 0 Å². The van der Waals surface area contributed by atoms with Crippen LogP contribution in [0.5, 0.6) is 0 Å². The molecule has 0 aromatic carbocycles. The Balaban J connectivity index is 2.74. The molecule has 1 rings (SSSR count). The van der Waals surface area contributed by atoms with Crippen LogP contribution in [0, 0.1) is 5.92 Å². The molecule has 0 radical (unpaired) electrons. The zero-order chi connectivity index (χ0) is 10.6. The number of aliphatic hydroxyl groups excluding tert-OH is 1. The van der Waals surface area contributed by atoms with Gasteiger partial charge in [-0.1, -0.05) is 12.8 Å². The molecule has 0 amide bonds. The maximum atomic E-state index is 10.1. The lowest BCUT2D eigenvalue weighted by Crippen LogP contribution is -2.38. The van der Waals surface area contributed by atoms with E-state index in [9.17, 15) is 5.11 Å². The molecule has 1 saturated carbocycles. The molecule has 0 aromatic rings. The summed E-state index contributed by atoms with van der Waals surface area (Å²) in [6, 6.07) is 0. The molecular formula is C10H20OS3. The number of rotatable bonds is 4. The van der Waals surface area contributed by atoms with Gasteiger partial charge in [0.15, 0.2) is 0 Å². The minimum absolute atomic E-state index is 0.0869. The van der Waals surface area contributed by atoms with Crippen molar-refractivity contribution in [2.45, 2.75) is 35.2 Å². The summed E-state index contributed by atoms with van der Waals surface area (Å²) in [6.45, 7) is 0. The quantitative estimate of drug-likeness (QED) is 0.774. The van der Waals surface area contributed by atoms with Crippen LogP contribution in [0.1, 0.15) is 25.7 Å². The Hall–Kier alpha value is 1.01. The van der Waals surface area contributed by atoms with E-state index in [1.54, 1.807) is 0 Å². The van der Waals surface area contributed by atoms with E-state index in [2.05, 4.69) is 18.8 Å². The first kappa shape index (κ1) is 13.1. The molecule has 14 heavy (non-hydrogen) atoms. The van der Waals surface area contributed by atoms with Crippen molar-refractivity contribution in [3.8, 4) is 0 Å². The smallest absolute Gasteiger partial charge is 0.111 e. The van der Waals surface area contributed by atoms with Gasteiger partial charge in [-0.25, -0.2) is 0 Å². The summed E-state index contributed by atoms with van der Waals surface area (Å²) in [6.07, 6.45) is 11.1. The molecule has 1 nitrogen and oxygen atoms in total. The van der Waals surface area contributed by atoms with E-state index >= 15 is 0 Å². The standard InChI is InChI=1S/C10H20OS3/c1-12-10(13-2,14-3)8-6-4-5-7-9(8)11/h8-9,11H,4-7H2,1-3H3/t8-,9-/m1/s1. The number of hydrogen-bond acceptors (Lipinski definition) is 4. The second-order valence-corrected chi connectivity index (χ2v) is 7.61. The predicted molar refractivity (Wildman–Crippen MR) is 71.2 cm³/mol. The Labute approximate surface area is 100 Å². The minimum atomic E-state index is -0.0869. The van der Waals surface area contributed by atoms with E-state index in [-0.39, 0.29) is 9.52 Å². The van der Waals surface area contributed by atoms with Crippen LogP contribution in [0.15, 0.2) is 0 Å². The van der Waals surface area contributed by atoms with Gasteiger partial charge in [0, 0.05) is 5.92 Å². The van der Waals surface area contributed by atoms with E-state index in [4.69, 9.17) is 0 Å². The van der Waals surface area contributed by atoms with Crippen molar-refractivity contribution in [2.75, 3.05) is 18.8 Å². The van der Waals surface area contributed by atoms with Gasteiger partial charge < -0.3 is 5.11 Å². The molecule has 2 atom stereocenters. The van der Waals surface area contributed by atoms with Crippen molar-refractivity contribution in [3.05, 3.63) is 0 Å². The number of hydrogen-bond donors (Lipinski definition) is 1. The fourth-order valence-corrected chi connectivity index (χ4v) is 5.96. The van der Waals surface area contributed by atoms with E-state index in [1.807, 2.05) is 35.3 Å². The summed E-state index contributed by atoms with van der Waals surface area (Å²) in [5.41, 5.74) is 0. The van der Waals surface area contributed by atoms with Gasteiger partial charge in [-0.2, -0.15) is 0 Å². The van der Waals surface area contributed by atoms with Gasteiger partial charge in [0.1, 0.15) is 3.41 Å². The molecule has 1 aliphatic rings. The first-order valence-electron chi connectivity index (χ1n) is 5.03. The third kappa shape index (κ3) is 2.57. The van der Waals surface area contributed by atoms with Crippen LogP contribution in [0.3, 0.4) is 0 Å². The Morgan fingerprint density at radius 1 is 1.00 bits per heavy atom. The lowest BCUT2D eigenvalue weighted by molar-refractivity contribution is 0.0746. The van der Waals surface area contributed by atoms with E-state index < -0.39 is 0 Å². The molecule has 1 aliphatic carbocycles. The minimum Gasteiger partial charge on any atom is -0.393 e. The normalized spacial score (nSPS) is 29.1. The van der Waals surface area contributed by atoms with Crippen molar-refractivity contribution < 1.29 is 5.11 Å². The topological polar surface area (TPSA) is 20.2 Å². The summed E-state index contributed by atoms with van der Waals surface area (Å²) >= 11 is 5.68. The highest BCUT2D eigenvalue weighted by Crippen LogP contribution is 2.53. The molecular weight excluding hydrogens is 232 g/mol. The van der Waals surface area contributed by atoms with Gasteiger partial charge in [0.25, 0.3) is 0 Å². The molecule has 0 heterocycles. The summed E-state index contributed by atoms with van der Waals surface area (Å²) in [5, 5.41) is 10.1. The van der Waals surface area contributed by atoms with Crippen LogP contribution in [0.4, 0.5) is 0 Å². The van der Waals surface area contributed by atoms with Gasteiger partial charge in [0.2, 0.25) is 0 Å². The summed E-state index contributed by atoms with van der Waals surface area (Å²) in [7, 11) is 0. The van der Waals surface area contributed by atoms with E-state index in [0.29, 0.717) is 5.92 Å². The van der Waals surface area contributed by atoms with E-state index in [1.165, 1.54) is 19.3 Å². The number of aliphatic hydroxyl groups is 1. The lowest BCUT2D eigenvalue weighted by Gasteiger charge is -2.41. The van der Waals surface area contributed by atoms with Crippen molar-refractivity contribution in [1.29, 1.82) is 0 Å². The zero-order valence-electron chi connectivity index (χ0n) is 9.16. The summed E-state index contributed by atoms with van der Waals surface area (Å²) in [4.78, 5) is 0. The summed E-state index contributed by atoms with van der Waals surface area (Å²) < 4.78 is 0.167. The lowest BCUT2D eigenvalue weighted by atomic mass is 9.87. The Bertz CT molecular complexity index is 162. The Morgan fingerprint density at radius 3 is 1.93 bits per heavy atom. The Kier molecular flexibility index (Phi) is 5.53. The molecule has 0 bridgehead atoms. The van der Waals surface area contributed by atoms with Crippen LogP contribution < -0.4 is 0 Å². The zero-order valence-corrected chi connectivity index (χ0v) is 11.6. The fourth-order valence-electron chi connectivity index (χ4n) is 2.23. The van der Waals surface area contributed by atoms with Gasteiger partial charge in [0.05, 0.1) is 6.10 Å². The van der Waals surface area contributed by atoms with Crippen LogP contribution in [-0.4, -0.2) is 33.4 Å². The Morgan fingerprint density at radius 2 is 1.50 bits per heavy atom. The highest BCUT2D eigenvalue weighted by atomic mass is 32.3. The average molecular weight is 252 g/mol. The average Bonchev–Trinajstić information content (AvgIpc) is 2.24. The second kappa shape index (κ2) is 5.92. The van der Waals surface area contributed by atoms with Gasteiger partial charge in [-0.15, -0.1) is 35.3 Å². The molecule has 1 N–H and O–H groups in total. The van der Waals surface area contributed by atoms with Crippen molar-refractivity contribution in [1.82, 2.24) is 0 Å². The van der Waals surface area contributed by atoms with Crippen LogP contribution in [-0.2, 0) is 0 Å². The van der Waals surface area contributed by atoms with Gasteiger partial charge in [-0.05, 0) is 31.6 Å². The maximum Gasteiger partial charge on any atom is 0.111 e. The second-order valence-electron chi connectivity index (χ2n) is 3.67. The fraction of sp³-hybridized carbons (Fsp3) is 1.00. The van der Waals surface area contributed by atoms with Gasteiger partial charge in [-0.3, -0.25) is 0 Å². The third-order valence-corrected chi connectivity index (χ3v) is 8.65. The SMILES string of the molecule is CSC(SC)(SC)[C@@H]1CCCC[C@H]1O. The first-order chi connectivity index (χ1) is 6.70. The molecule has 0 spiro atoms. The van der Waals surface area contributed by atoms with Crippen LogP contribution in [0.25, 0.3) is 0 Å². The monoisotopic (exact) mass is 252 g/mol. The number of thioether (sulfide) groups is 3. The molecule has 84 valence electrons. The van der Waals surface area contributed by atoms with Crippen LogP contribution >= 0.6 is 35.3 Å². The first-order valence-corrected chi connectivity index (χ1v) is 8.71. The predicted octanol–water partition coefficient (Wildman–Crippen LogP) is 3.28. The molecule has 0 unspecified atom stereocenters. The van der Waals surface area contributed by atoms with Crippen molar-refractivity contribution >= 4 is 35.3 Å². The maximum absolute atomic E-state index is 10.1.